The van der Waals surface area contributed by atoms with E-state index in [1.807, 2.05) is 6.07 Å². The van der Waals surface area contributed by atoms with Gasteiger partial charge in [0.25, 0.3) is 0 Å². The van der Waals surface area contributed by atoms with Crippen molar-refractivity contribution in [3.8, 4) is 0 Å². The zero-order chi connectivity index (χ0) is 12.8. The summed E-state index contributed by atoms with van der Waals surface area (Å²) < 4.78 is 14.0. The van der Waals surface area contributed by atoms with Crippen LogP contribution in [0.4, 0.5) is 4.39 Å². The van der Waals surface area contributed by atoms with Gasteiger partial charge in [-0.15, -0.1) is 0 Å². The smallest absolute Gasteiger partial charge is 0.137 e. The van der Waals surface area contributed by atoms with Crippen molar-refractivity contribution in [1.82, 2.24) is 5.32 Å². The molecule has 1 N–H and O–H groups in total. The van der Waals surface area contributed by atoms with Gasteiger partial charge >= 0.3 is 0 Å². The molecule has 2 atom stereocenters. The summed E-state index contributed by atoms with van der Waals surface area (Å²) in [5.41, 5.74) is 1.05. The Labute approximate surface area is 112 Å². The number of benzene rings is 1. The van der Waals surface area contributed by atoms with Crippen LogP contribution in [0.25, 0.3) is 0 Å². The molecule has 17 heavy (non-hydrogen) atoms. The monoisotopic (exact) mass is 301 g/mol. The maximum atomic E-state index is 13.4. The first-order chi connectivity index (χ1) is 8.10. The molecule has 0 amide bonds. The van der Waals surface area contributed by atoms with Gasteiger partial charge in [-0.25, -0.2) is 4.39 Å². The van der Waals surface area contributed by atoms with Crippen molar-refractivity contribution < 1.29 is 4.39 Å². The highest BCUT2D eigenvalue weighted by Crippen LogP contribution is 2.24. The summed E-state index contributed by atoms with van der Waals surface area (Å²) in [7, 11) is 0. The fourth-order valence-corrected chi connectivity index (χ4v) is 2.63. The van der Waals surface area contributed by atoms with Gasteiger partial charge in [0.15, 0.2) is 0 Å². The third-order valence-electron chi connectivity index (χ3n) is 3.17. The average molecular weight is 302 g/mol. The minimum absolute atomic E-state index is 0.175. The summed E-state index contributed by atoms with van der Waals surface area (Å²) in [5, 5.41) is 3.48. The summed E-state index contributed by atoms with van der Waals surface area (Å²) in [4.78, 5) is 0. The van der Waals surface area contributed by atoms with Crippen LogP contribution in [-0.2, 0) is 6.42 Å². The molecule has 0 saturated heterocycles. The lowest BCUT2D eigenvalue weighted by Gasteiger charge is -2.24. The molecule has 0 heterocycles. The van der Waals surface area contributed by atoms with Crippen LogP contribution in [0, 0.1) is 11.7 Å². The summed E-state index contributed by atoms with van der Waals surface area (Å²) >= 11 is 3.32. The second-order valence-corrected chi connectivity index (χ2v) is 5.26. The molecule has 0 fully saturated rings. The normalized spacial score (nSPS) is 14.6. The molecule has 1 nitrogen and oxygen atoms in total. The lowest BCUT2D eigenvalue weighted by atomic mass is 9.92. The molecule has 0 aliphatic rings. The Bertz CT molecular complexity index is 354. The molecule has 1 rings (SSSR count). The van der Waals surface area contributed by atoms with Crippen LogP contribution in [0.2, 0.25) is 0 Å². The quantitative estimate of drug-likeness (QED) is 0.832. The molecule has 1 aromatic carbocycles. The van der Waals surface area contributed by atoms with E-state index < -0.39 is 0 Å². The maximum absolute atomic E-state index is 13.4. The molecular formula is C14H21BrFN. The standard InChI is InChI=1S/C14H21BrFN/c1-4-13(17-5-2)10(3)9-11-7-6-8-12(16)14(11)15/h6-8,10,13,17H,4-5,9H2,1-3H3. The van der Waals surface area contributed by atoms with Gasteiger partial charge in [0.1, 0.15) is 5.82 Å². The zero-order valence-corrected chi connectivity index (χ0v) is 12.3. The van der Waals surface area contributed by atoms with Gasteiger partial charge < -0.3 is 5.32 Å². The highest BCUT2D eigenvalue weighted by molar-refractivity contribution is 9.10. The van der Waals surface area contributed by atoms with E-state index in [1.54, 1.807) is 6.07 Å². The van der Waals surface area contributed by atoms with E-state index in [0.717, 1.165) is 24.9 Å². The predicted octanol–water partition coefficient (Wildman–Crippen LogP) is 4.15. The van der Waals surface area contributed by atoms with Crippen LogP contribution in [0.1, 0.15) is 32.8 Å². The zero-order valence-electron chi connectivity index (χ0n) is 10.8. The molecule has 0 spiro atoms. The fraction of sp³-hybridized carbons (Fsp3) is 0.571. The lowest BCUT2D eigenvalue weighted by molar-refractivity contribution is 0.370. The van der Waals surface area contributed by atoms with E-state index in [9.17, 15) is 4.39 Å². The number of hydrogen-bond donors (Lipinski definition) is 1. The van der Waals surface area contributed by atoms with Gasteiger partial charge in [-0.3, -0.25) is 0 Å². The number of hydrogen-bond acceptors (Lipinski definition) is 1. The van der Waals surface area contributed by atoms with E-state index in [4.69, 9.17) is 0 Å². The van der Waals surface area contributed by atoms with E-state index in [1.165, 1.54) is 6.07 Å². The number of rotatable bonds is 6. The third kappa shape index (κ3) is 4.07. The Morgan fingerprint density at radius 1 is 1.35 bits per heavy atom. The van der Waals surface area contributed by atoms with Crippen molar-refractivity contribution in [3.63, 3.8) is 0 Å². The summed E-state index contributed by atoms with van der Waals surface area (Å²) in [6.45, 7) is 7.50. The predicted molar refractivity (Wildman–Crippen MR) is 74.7 cm³/mol. The van der Waals surface area contributed by atoms with Crippen LogP contribution in [0.15, 0.2) is 22.7 Å². The van der Waals surface area contributed by atoms with Gasteiger partial charge in [-0.05, 0) is 52.9 Å². The molecule has 3 heteroatoms. The minimum atomic E-state index is -0.175. The average Bonchev–Trinajstić information content (AvgIpc) is 2.31. The van der Waals surface area contributed by atoms with Gasteiger partial charge in [0.05, 0.1) is 4.47 Å². The molecule has 0 radical (unpaired) electrons. The summed E-state index contributed by atoms with van der Waals surface area (Å²) in [5.74, 6) is 0.323. The SMILES string of the molecule is CCNC(CC)C(C)Cc1cccc(F)c1Br. The fourth-order valence-electron chi connectivity index (χ4n) is 2.21. The molecule has 0 saturated carbocycles. The number of halogens is 2. The first-order valence-corrected chi connectivity index (χ1v) is 7.05. The summed E-state index contributed by atoms with van der Waals surface area (Å²) in [6.07, 6.45) is 1.99. The maximum Gasteiger partial charge on any atom is 0.137 e. The molecular weight excluding hydrogens is 281 g/mol. The van der Waals surface area contributed by atoms with Crippen molar-refractivity contribution in [2.45, 2.75) is 39.7 Å². The molecule has 0 aromatic heterocycles. The van der Waals surface area contributed by atoms with Gasteiger partial charge in [0, 0.05) is 6.04 Å². The second-order valence-electron chi connectivity index (χ2n) is 4.47. The second kappa shape index (κ2) is 7.12. The third-order valence-corrected chi connectivity index (χ3v) is 4.05. The Morgan fingerprint density at radius 3 is 2.65 bits per heavy atom. The Hall–Kier alpha value is -0.410. The first kappa shape index (κ1) is 14.7. The van der Waals surface area contributed by atoms with E-state index in [0.29, 0.717) is 16.4 Å². The minimum Gasteiger partial charge on any atom is -0.314 e. The topological polar surface area (TPSA) is 12.0 Å². The van der Waals surface area contributed by atoms with Crippen molar-refractivity contribution in [3.05, 3.63) is 34.1 Å². The molecule has 1 aromatic rings. The van der Waals surface area contributed by atoms with Crippen molar-refractivity contribution in [1.29, 1.82) is 0 Å². The van der Waals surface area contributed by atoms with Gasteiger partial charge in [-0.1, -0.05) is 32.9 Å². The molecule has 96 valence electrons. The van der Waals surface area contributed by atoms with E-state index in [2.05, 4.69) is 42.0 Å². The van der Waals surface area contributed by atoms with Crippen molar-refractivity contribution in [2.75, 3.05) is 6.54 Å². The van der Waals surface area contributed by atoms with Crippen LogP contribution >= 0.6 is 15.9 Å². The summed E-state index contributed by atoms with van der Waals surface area (Å²) in [6, 6.07) is 5.74. The Kier molecular flexibility index (Phi) is 6.14. The number of nitrogens with one attached hydrogen (secondary N) is 1. The van der Waals surface area contributed by atoms with Crippen molar-refractivity contribution >= 4 is 15.9 Å². The van der Waals surface area contributed by atoms with Gasteiger partial charge in [-0.2, -0.15) is 0 Å². The Morgan fingerprint density at radius 2 is 2.06 bits per heavy atom. The molecule has 0 aliphatic heterocycles. The Balaban J connectivity index is 2.72. The highest BCUT2D eigenvalue weighted by atomic mass is 79.9. The van der Waals surface area contributed by atoms with Crippen molar-refractivity contribution in [2.24, 2.45) is 5.92 Å². The lowest BCUT2D eigenvalue weighted by Crippen LogP contribution is -2.35. The van der Waals surface area contributed by atoms with Gasteiger partial charge in [0.2, 0.25) is 0 Å². The van der Waals surface area contributed by atoms with Crippen LogP contribution < -0.4 is 5.32 Å². The highest BCUT2D eigenvalue weighted by Gasteiger charge is 2.16. The van der Waals surface area contributed by atoms with Crippen LogP contribution in [0.3, 0.4) is 0 Å². The molecule has 2 unspecified atom stereocenters. The first-order valence-electron chi connectivity index (χ1n) is 6.26. The molecule has 0 bridgehead atoms. The van der Waals surface area contributed by atoms with E-state index >= 15 is 0 Å². The molecule has 0 aliphatic carbocycles. The largest absolute Gasteiger partial charge is 0.314 e. The van der Waals surface area contributed by atoms with Crippen LogP contribution in [0.5, 0.6) is 0 Å². The van der Waals surface area contributed by atoms with Crippen LogP contribution in [-0.4, -0.2) is 12.6 Å². The van der Waals surface area contributed by atoms with E-state index in [-0.39, 0.29) is 5.82 Å².